The molecule has 0 radical (unpaired) electrons. The van der Waals surface area contributed by atoms with E-state index in [2.05, 4.69) is 10.3 Å². The smallest absolute Gasteiger partial charge is 0.226 e. The summed E-state index contributed by atoms with van der Waals surface area (Å²) in [5.74, 6) is 1.63. The first kappa shape index (κ1) is 18.2. The Bertz CT molecular complexity index is 842. The minimum atomic E-state index is -0.0426. The van der Waals surface area contributed by atoms with Gasteiger partial charge in [0.2, 0.25) is 5.91 Å². The largest absolute Gasteiger partial charge is 0.493 e. The molecule has 0 fully saturated rings. The molecule has 1 unspecified atom stereocenters. The van der Waals surface area contributed by atoms with Crippen molar-refractivity contribution in [3.63, 3.8) is 0 Å². The predicted molar refractivity (Wildman–Crippen MR) is 102 cm³/mol. The SMILES string of the molecule is CCOc1ccccc1-c1nc(CC(=O)NC(C)Cc2ccco2)cs1. The van der Waals surface area contributed by atoms with Crippen molar-refractivity contribution in [1.29, 1.82) is 0 Å². The summed E-state index contributed by atoms with van der Waals surface area (Å²) in [6.45, 7) is 4.52. The van der Waals surface area contributed by atoms with Crippen LogP contribution in [-0.2, 0) is 17.6 Å². The second-order valence-electron chi connectivity index (χ2n) is 6.00. The van der Waals surface area contributed by atoms with Crippen LogP contribution in [0.25, 0.3) is 10.6 Å². The molecule has 1 aromatic carbocycles. The minimum Gasteiger partial charge on any atom is -0.493 e. The molecule has 0 aliphatic carbocycles. The average Bonchev–Trinajstić information content (AvgIpc) is 3.27. The van der Waals surface area contributed by atoms with Crippen LogP contribution in [0.4, 0.5) is 0 Å². The van der Waals surface area contributed by atoms with Crippen molar-refractivity contribution in [2.45, 2.75) is 32.7 Å². The zero-order valence-electron chi connectivity index (χ0n) is 14.9. The molecule has 0 spiro atoms. The highest BCUT2D eigenvalue weighted by molar-refractivity contribution is 7.13. The van der Waals surface area contributed by atoms with Gasteiger partial charge in [-0.15, -0.1) is 11.3 Å². The second-order valence-corrected chi connectivity index (χ2v) is 6.86. The van der Waals surface area contributed by atoms with Crippen LogP contribution in [-0.4, -0.2) is 23.5 Å². The molecular formula is C20H22N2O3S. The molecule has 136 valence electrons. The molecule has 2 heterocycles. The van der Waals surface area contributed by atoms with Crippen LogP contribution in [0.2, 0.25) is 0 Å². The Labute approximate surface area is 157 Å². The number of para-hydroxylation sites is 1. The molecule has 2 aromatic heterocycles. The summed E-state index contributed by atoms with van der Waals surface area (Å²) in [5, 5.41) is 5.78. The van der Waals surface area contributed by atoms with Gasteiger partial charge in [0.05, 0.1) is 30.5 Å². The first-order valence-corrected chi connectivity index (χ1v) is 9.52. The third kappa shape index (κ3) is 4.73. The van der Waals surface area contributed by atoms with Gasteiger partial charge >= 0.3 is 0 Å². The molecule has 6 heteroatoms. The Morgan fingerprint density at radius 1 is 1.31 bits per heavy atom. The number of rotatable bonds is 8. The van der Waals surface area contributed by atoms with Crippen molar-refractivity contribution < 1.29 is 13.9 Å². The van der Waals surface area contributed by atoms with E-state index in [0.29, 0.717) is 13.0 Å². The summed E-state index contributed by atoms with van der Waals surface area (Å²) >= 11 is 1.52. The molecule has 5 nitrogen and oxygen atoms in total. The molecule has 0 saturated carbocycles. The number of nitrogens with zero attached hydrogens (tertiary/aromatic N) is 1. The van der Waals surface area contributed by atoms with Gasteiger partial charge in [0, 0.05) is 17.8 Å². The average molecular weight is 370 g/mol. The number of furan rings is 1. The molecule has 1 atom stereocenters. The maximum absolute atomic E-state index is 12.3. The second kappa shape index (κ2) is 8.67. The molecule has 0 bridgehead atoms. The zero-order chi connectivity index (χ0) is 18.4. The van der Waals surface area contributed by atoms with E-state index >= 15 is 0 Å². The molecule has 0 saturated heterocycles. The first-order chi connectivity index (χ1) is 12.7. The summed E-state index contributed by atoms with van der Waals surface area (Å²) in [5.41, 5.74) is 1.72. The van der Waals surface area contributed by atoms with Crippen LogP contribution in [0.15, 0.2) is 52.5 Å². The summed E-state index contributed by atoms with van der Waals surface area (Å²) in [4.78, 5) is 16.9. The van der Waals surface area contributed by atoms with Gasteiger partial charge < -0.3 is 14.5 Å². The van der Waals surface area contributed by atoms with E-state index in [0.717, 1.165) is 27.8 Å². The van der Waals surface area contributed by atoms with Crippen molar-refractivity contribution in [2.24, 2.45) is 0 Å². The summed E-state index contributed by atoms with van der Waals surface area (Å²) in [6, 6.07) is 11.6. The fraction of sp³-hybridized carbons (Fsp3) is 0.300. The predicted octanol–water partition coefficient (Wildman–Crippen LogP) is 4.09. The van der Waals surface area contributed by atoms with Gasteiger partial charge in [-0.25, -0.2) is 4.98 Å². The normalized spacial score (nSPS) is 11.9. The van der Waals surface area contributed by atoms with Crippen LogP contribution < -0.4 is 10.1 Å². The fourth-order valence-corrected chi connectivity index (χ4v) is 3.56. The topological polar surface area (TPSA) is 64.4 Å². The molecule has 0 aliphatic heterocycles. The lowest BCUT2D eigenvalue weighted by molar-refractivity contribution is -0.121. The number of carbonyl (C=O) groups excluding carboxylic acids is 1. The standard InChI is InChI=1S/C20H22N2O3S/c1-3-24-18-9-5-4-8-17(18)20-22-15(13-26-20)12-19(23)21-14(2)11-16-7-6-10-25-16/h4-10,13-14H,3,11-12H2,1-2H3,(H,21,23). The van der Waals surface area contributed by atoms with E-state index in [4.69, 9.17) is 9.15 Å². The summed E-state index contributed by atoms with van der Waals surface area (Å²) in [6.07, 6.45) is 2.57. The maximum atomic E-state index is 12.3. The van der Waals surface area contributed by atoms with Crippen LogP contribution >= 0.6 is 11.3 Å². The van der Waals surface area contributed by atoms with Gasteiger partial charge in [-0.1, -0.05) is 12.1 Å². The number of hydrogen-bond donors (Lipinski definition) is 1. The van der Waals surface area contributed by atoms with E-state index in [-0.39, 0.29) is 18.4 Å². The summed E-state index contributed by atoms with van der Waals surface area (Å²) < 4.78 is 11.0. The van der Waals surface area contributed by atoms with Crippen molar-refractivity contribution in [3.05, 3.63) is 59.5 Å². The highest BCUT2D eigenvalue weighted by Crippen LogP contribution is 2.32. The lowest BCUT2D eigenvalue weighted by atomic mass is 10.2. The number of aromatic nitrogens is 1. The molecule has 26 heavy (non-hydrogen) atoms. The maximum Gasteiger partial charge on any atom is 0.226 e. The number of amides is 1. The van der Waals surface area contributed by atoms with Crippen LogP contribution in [0, 0.1) is 0 Å². The quantitative estimate of drug-likeness (QED) is 0.649. The molecule has 1 N–H and O–H groups in total. The number of nitrogens with one attached hydrogen (secondary N) is 1. The first-order valence-electron chi connectivity index (χ1n) is 8.64. The molecule has 1 amide bonds. The van der Waals surface area contributed by atoms with Gasteiger partial charge in [0.15, 0.2) is 0 Å². The van der Waals surface area contributed by atoms with E-state index in [1.165, 1.54) is 11.3 Å². The lowest BCUT2D eigenvalue weighted by Gasteiger charge is -2.11. The number of ether oxygens (including phenoxy) is 1. The van der Waals surface area contributed by atoms with E-state index in [1.54, 1.807) is 6.26 Å². The third-order valence-corrected chi connectivity index (χ3v) is 4.73. The molecule has 0 aliphatic rings. The minimum absolute atomic E-state index is 0.00503. The van der Waals surface area contributed by atoms with Crippen molar-refractivity contribution >= 4 is 17.2 Å². The highest BCUT2D eigenvalue weighted by atomic mass is 32.1. The van der Waals surface area contributed by atoms with Gasteiger partial charge in [-0.05, 0) is 38.1 Å². The fourth-order valence-electron chi connectivity index (χ4n) is 2.71. The number of carbonyl (C=O) groups is 1. The Balaban J connectivity index is 1.60. The Morgan fingerprint density at radius 3 is 2.92 bits per heavy atom. The molecular weight excluding hydrogens is 348 g/mol. The Morgan fingerprint density at radius 2 is 2.15 bits per heavy atom. The van der Waals surface area contributed by atoms with Crippen molar-refractivity contribution in [2.75, 3.05) is 6.61 Å². The van der Waals surface area contributed by atoms with Crippen LogP contribution in [0.3, 0.4) is 0 Å². The third-order valence-electron chi connectivity index (χ3n) is 3.81. The molecule has 3 aromatic rings. The molecule has 3 rings (SSSR count). The zero-order valence-corrected chi connectivity index (χ0v) is 15.7. The van der Waals surface area contributed by atoms with Gasteiger partial charge in [0.25, 0.3) is 0 Å². The van der Waals surface area contributed by atoms with E-state index in [9.17, 15) is 4.79 Å². The Hall–Kier alpha value is -2.60. The Kier molecular flexibility index (Phi) is 6.07. The highest BCUT2D eigenvalue weighted by Gasteiger charge is 2.14. The van der Waals surface area contributed by atoms with Crippen molar-refractivity contribution in [3.8, 4) is 16.3 Å². The number of hydrogen-bond acceptors (Lipinski definition) is 5. The van der Waals surface area contributed by atoms with Gasteiger partial charge in [0.1, 0.15) is 16.5 Å². The monoisotopic (exact) mass is 370 g/mol. The van der Waals surface area contributed by atoms with Crippen LogP contribution in [0.1, 0.15) is 25.3 Å². The van der Waals surface area contributed by atoms with Crippen LogP contribution in [0.5, 0.6) is 5.75 Å². The number of thiazole rings is 1. The summed E-state index contributed by atoms with van der Waals surface area (Å²) in [7, 11) is 0. The van der Waals surface area contributed by atoms with E-state index in [1.807, 2.05) is 55.6 Å². The number of benzene rings is 1. The van der Waals surface area contributed by atoms with Gasteiger partial charge in [-0.2, -0.15) is 0 Å². The van der Waals surface area contributed by atoms with E-state index < -0.39 is 0 Å². The van der Waals surface area contributed by atoms with Crippen molar-refractivity contribution in [1.82, 2.24) is 10.3 Å². The lowest BCUT2D eigenvalue weighted by Crippen LogP contribution is -2.35. The van der Waals surface area contributed by atoms with Gasteiger partial charge in [-0.3, -0.25) is 4.79 Å².